The lowest BCUT2D eigenvalue weighted by molar-refractivity contribution is 0.315. The molecule has 2 aliphatic rings. The highest BCUT2D eigenvalue weighted by molar-refractivity contribution is 14.0. The fourth-order valence-electron chi connectivity index (χ4n) is 3.11. The molecule has 0 saturated heterocycles. The molecule has 1 heterocycles. The number of nitrogens with two attached hydrogens (primary N) is 1. The quantitative estimate of drug-likeness (QED) is 0.460. The Kier molecular flexibility index (Phi) is 5.89. The molecular weight excluding hydrogens is 377 g/mol. The average Bonchev–Trinajstić information content (AvgIpc) is 2.70. The molecule has 1 aromatic rings. The third kappa shape index (κ3) is 3.90. The van der Waals surface area contributed by atoms with Crippen molar-refractivity contribution >= 4 is 29.9 Å². The summed E-state index contributed by atoms with van der Waals surface area (Å²) in [6, 6.07) is 0. The van der Waals surface area contributed by atoms with Gasteiger partial charge in [0.2, 0.25) is 0 Å². The van der Waals surface area contributed by atoms with Gasteiger partial charge >= 0.3 is 0 Å². The number of nitrogens with one attached hydrogen (secondary N) is 1. The summed E-state index contributed by atoms with van der Waals surface area (Å²) in [7, 11) is 2.02. The molecule has 0 radical (unpaired) electrons. The number of halogens is 1. The van der Waals surface area contributed by atoms with Crippen molar-refractivity contribution in [3.8, 4) is 0 Å². The summed E-state index contributed by atoms with van der Waals surface area (Å²) >= 11 is 0. The fraction of sp³-hybridized carbons (Fsp3) is 0.733. The molecule has 6 heteroatoms. The second-order valence-electron chi connectivity index (χ2n) is 6.08. The Labute approximate surface area is 143 Å². The minimum atomic E-state index is 0. The van der Waals surface area contributed by atoms with Crippen LogP contribution in [-0.2, 0) is 26.4 Å². The van der Waals surface area contributed by atoms with Crippen molar-refractivity contribution in [2.45, 2.75) is 51.5 Å². The molecular formula is C15H26IN5. The van der Waals surface area contributed by atoms with Crippen molar-refractivity contribution in [2.24, 2.45) is 23.7 Å². The molecule has 0 amide bonds. The normalized spacial score (nSPS) is 18.6. The van der Waals surface area contributed by atoms with Gasteiger partial charge in [-0.2, -0.15) is 5.10 Å². The number of guanidine groups is 1. The number of hydrogen-bond acceptors (Lipinski definition) is 2. The Morgan fingerprint density at radius 1 is 1.33 bits per heavy atom. The predicted octanol–water partition coefficient (Wildman–Crippen LogP) is 2.12. The van der Waals surface area contributed by atoms with E-state index < -0.39 is 0 Å². The van der Waals surface area contributed by atoms with Crippen LogP contribution in [0.5, 0.6) is 0 Å². The maximum absolute atomic E-state index is 5.95. The van der Waals surface area contributed by atoms with Crippen LogP contribution in [-0.4, -0.2) is 22.3 Å². The monoisotopic (exact) mass is 403 g/mol. The molecule has 0 bridgehead atoms. The summed E-state index contributed by atoms with van der Waals surface area (Å²) in [6.45, 7) is 1.61. The van der Waals surface area contributed by atoms with E-state index in [1.165, 1.54) is 49.1 Å². The van der Waals surface area contributed by atoms with Gasteiger partial charge in [-0.3, -0.25) is 4.68 Å². The third-order valence-corrected chi connectivity index (χ3v) is 4.64. The van der Waals surface area contributed by atoms with Crippen LogP contribution in [0.1, 0.15) is 49.1 Å². The minimum Gasteiger partial charge on any atom is -0.370 e. The van der Waals surface area contributed by atoms with E-state index in [0.29, 0.717) is 12.5 Å². The van der Waals surface area contributed by atoms with Crippen LogP contribution in [0.3, 0.4) is 0 Å². The maximum atomic E-state index is 5.95. The number of fused-ring (bicyclic) bond motifs is 1. The zero-order valence-corrected chi connectivity index (χ0v) is 15.1. The van der Waals surface area contributed by atoms with Gasteiger partial charge in [0.05, 0.1) is 17.9 Å². The van der Waals surface area contributed by atoms with Crippen molar-refractivity contribution < 1.29 is 0 Å². The van der Waals surface area contributed by atoms with Crippen LogP contribution in [0.25, 0.3) is 0 Å². The van der Waals surface area contributed by atoms with Gasteiger partial charge in [0, 0.05) is 13.6 Å². The van der Waals surface area contributed by atoms with Gasteiger partial charge in [0.25, 0.3) is 0 Å². The minimum absolute atomic E-state index is 0. The zero-order valence-electron chi connectivity index (χ0n) is 12.8. The number of nitrogens with zero attached hydrogens (tertiary/aromatic N) is 3. The Morgan fingerprint density at radius 3 is 2.81 bits per heavy atom. The van der Waals surface area contributed by atoms with Crippen molar-refractivity contribution in [3.05, 3.63) is 17.0 Å². The maximum Gasteiger partial charge on any atom is 0.188 e. The lowest BCUT2D eigenvalue weighted by atomic mass is 9.85. The van der Waals surface area contributed by atoms with Crippen LogP contribution in [0.2, 0.25) is 0 Å². The second kappa shape index (κ2) is 7.47. The predicted molar refractivity (Wildman–Crippen MR) is 95.9 cm³/mol. The number of rotatable bonds is 4. The number of aryl methyl sites for hydroxylation is 2. The summed E-state index contributed by atoms with van der Waals surface area (Å²) in [5.41, 5.74) is 9.86. The Morgan fingerprint density at radius 2 is 2.10 bits per heavy atom. The zero-order chi connectivity index (χ0) is 13.9. The molecule has 2 aliphatic carbocycles. The third-order valence-electron chi connectivity index (χ3n) is 4.64. The highest BCUT2D eigenvalue weighted by atomic mass is 127. The number of hydrogen-bond donors (Lipinski definition) is 2. The molecule has 5 nitrogen and oxygen atoms in total. The van der Waals surface area contributed by atoms with Gasteiger partial charge in [-0.25, -0.2) is 4.99 Å². The second-order valence-corrected chi connectivity index (χ2v) is 6.08. The first-order chi connectivity index (χ1) is 9.74. The Hall–Kier alpha value is -0.790. The molecule has 0 unspecified atom stereocenters. The van der Waals surface area contributed by atoms with Crippen LogP contribution < -0.4 is 11.1 Å². The highest BCUT2D eigenvalue weighted by Crippen LogP contribution is 2.25. The molecule has 3 N–H and O–H groups in total. The van der Waals surface area contributed by atoms with Crippen molar-refractivity contribution in [1.82, 2.24) is 15.1 Å². The largest absolute Gasteiger partial charge is 0.370 e. The van der Waals surface area contributed by atoms with Crippen LogP contribution in [0.15, 0.2) is 4.99 Å². The molecule has 21 heavy (non-hydrogen) atoms. The van der Waals surface area contributed by atoms with Gasteiger partial charge in [-0.1, -0.05) is 6.42 Å². The van der Waals surface area contributed by atoms with E-state index >= 15 is 0 Å². The highest BCUT2D eigenvalue weighted by Gasteiger charge is 2.19. The van der Waals surface area contributed by atoms with E-state index in [4.69, 9.17) is 5.73 Å². The van der Waals surface area contributed by atoms with Gasteiger partial charge < -0.3 is 11.1 Å². The topological polar surface area (TPSA) is 68.2 Å². The van der Waals surface area contributed by atoms with E-state index in [0.717, 1.165) is 25.3 Å². The van der Waals surface area contributed by atoms with Gasteiger partial charge in [0.1, 0.15) is 0 Å². The molecule has 0 aromatic carbocycles. The van der Waals surface area contributed by atoms with Crippen molar-refractivity contribution in [2.75, 3.05) is 6.54 Å². The van der Waals surface area contributed by atoms with Crippen LogP contribution >= 0.6 is 24.0 Å². The van der Waals surface area contributed by atoms with E-state index in [1.54, 1.807) is 0 Å². The van der Waals surface area contributed by atoms with E-state index in [-0.39, 0.29) is 24.0 Å². The Balaban J connectivity index is 0.00000161. The number of aliphatic imine (C=N–C) groups is 1. The molecule has 0 atom stereocenters. The smallest absolute Gasteiger partial charge is 0.188 e. The molecule has 0 spiro atoms. The first kappa shape index (κ1) is 16.6. The molecule has 1 aromatic heterocycles. The van der Waals surface area contributed by atoms with Gasteiger partial charge in [-0.05, 0) is 50.0 Å². The number of aromatic nitrogens is 2. The van der Waals surface area contributed by atoms with Gasteiger partial charge in [0.15, 0.2) is 5.96 Å². The van der Waals surface area contributed by atoms with Gasteiger partial charge in [-0.15, -0.1) is 24.0 Å². The molecule has 118 valence electrons. The van der Waals surface area contributed by atoms with E-state index in [2.05, 4.69) is 15.4 Å². The SMILES string of the molecule is Cn1nc2c(c1CN=C(N)NCC1CCC1)CCCC2.I. The van der Waals surface area contributed by atoms with Crippen LogP contribution in [0, 0.1) is 5.92 Å². The summed E-state index contributed by atoms with van der Waals surface area (Å²) in [6.07, 6.45) is 8.81. The molecule has 0 aliphatic heterocycles. The Bertz CT molecular complexity index is 504. The molecule has 3 rings (SSSR count). The van der Waals surface area contributed by atoms with E-state index in [9.17, 15) is 0 Å². The van der Waals surface area contributed by atoms with Crippen molar-refractivity contribution in [1.29, 1.82) is 0 Å². The first-order valence-corrected chi connectivity index (χ1v) is 7.81. The molecule has 1 saturated carbocycles. The lowest BCUT2D eigenvalue weighted by Gasteiger charge is -2.25. The standard InChI is InChI=1S/C15H25N5.HI/c1-20-14(12-7-2-3-8-13(12)19-20)10-18-15(16)17-9-11-5-4-6-11;/h11H,2-10H2,1H3,(H3,16,17,18);1H. The summed E-state index contributed by atoms with van der Waals surface area (Å²) in [5.74, 6) is 1.37. The van der Waals surface area contributed by atoms with Crippen LogP contribution in [0.4, 0.5) is 0 Å². The molecule has 1 fully saturated rings. The summed E-state index contributed by atoms with van der Waals surface area (Å²) in [5, 5.41) is 7.86. The average molecular weight is 403 g/mol. The summed E-state index contributed by atoms with van der Waals surface area (Å²) < 4.78 is 1.98. The first-order valence-electron chi connectivity index (χ1n) is 7.81. The summed E-state index contributed by atoms with van der Waals surface area (Å²) in [4.78, 5) is 4.49. The van der Waals surface area contributed by atoms with E-state index in [1.807, 2.05) is 11.7 Å². The van der Waals surface area contributed by atoms with Crippen molar-refractivity contribution in [3.63, 3.8) is 0 Å². The fourth-order valence-corrected chi connectivity index (χ4v) is 3.11. The lowest BCUT2D eigenvalue weighted by Crippen LogP contribution is -2.37.